The highest BCUT2D eigenvalue weighted by Crippen LogP contribution is 2.39. The highest BCUT2D eigenvalue weighted by atomic mass is 32.2. The number of benzene rings is 1. The Morgan fingerprint density at radius 2 is 2.38 bits per heavy atom. The van der Waals surface area contributed by atoms with E-state index < -0.39 is 0 Å². The van der Waals surface area contributed by atoms with Crippen LogP contribution in [-0.4, -0.2) is 11.3 Å². The monoisotopic (exact) mass is 197 g/mol. The standard InChI is InChI=1S/C10H12FNS/c1-6(12)10-5-7-8(11)3-2-4-9(7)13-10/h2-4,6,10H,5,12H2,1H3. The van der Waals surface area contributed by atoms with E-state index in [0.29, 0.717) is 5.25 Å². The van der Waals surface area contributed by atoms with E-state index in [1.807, 2.05) is 13.0 Å². The summed E-state index contributed by atoms with van der Waals surface area (Å²) >= 11 is 1.69. The lowest BCUT2D eigenvalue weighted by Gasteiger charge is -2.11. The molecular formula is C10H12FNS. The number of fused-ring (bicyclic) bond motifs is 1. The van der Waals surface area contributed by atoms with E-state index in [4.69, 9.17) is 5.73 Å². The zero-order valence-electron chi connectivity index (χ0n) is 7.46. The van der Waals surface area contributed by atoms with Crippen LogP contribution in [-0.2, 0) is 6.42 Å². The average Bonchev–Trinajstić information content (AvgIpc) is 2.49. The van der Waals surface area contributed by atoms with Crippen molar-refractivity contribution in [2.75, 3.05) is 0 Å². The molecule has 0 saturated heterocycles. The molecule has 13 heavy (non-hydrogen) atoms. The topological polar surface area (TPSA) is 26.0 Å². The van der Waals surface area contributed by atoms with Crippen LogP contribution in [0.3, 0.4) is 0 Å². The molecule has 2 rings (SSSR count). The lowest BCUT2D eigenvalue weighted by Crippen LogP contribution is -2.28. The summed E-state index contributed by atoms with van der Waals surface area (Å²) in [6, 6.07) is 5.36. The van der Waals surface area contributed by atoms with E-state index in [1.54, 1.807) is 17.8 Å². The number of halogens is 1. The zero-order chi connectivity index (χ0) is 9.42. The summed E-state index contributed by atoms with van der Waals surface area (Å²) in [6.07, 6.45) is 0.768. The van der Waals surface area contributed by atoms with Crippen LogP contribution in [0.2, 0.25) is 0 Å². The minimum absolute atomic E-state index is 0.0897. The Morgan fingerprint density at radius 1 is 1.62 bits per heavy atom. The predicted molar refractivity (Wildman–Crippen MR) is 53.4 cm³/mol. The first-order chi connectivity index (χ1) is 6.18. The molecule has 0 fully saturated rings. The van der Waals surface area contributed by atoms with Crippen LogP contribution in [0.4, 0.5) is 4.39 Å². The van der Waals surface area contributed by atoms with Crippen LogP contribution >= 0.6 is 11.8 Å². The van der Waals surface area contributed by atoms with E-state index in [0.717, 1.165) is 16.9 Å². The summed E-state index contributed by atoms with van der Waals surface area (Å²) in [7, 11) is 0. The maximum atomic E-state index is 13.3. The van der Waals surface area contributed by atoms with Gasteiger partial charge in [-0.1, -0.05) is 6.07 Å². The lowest BCUT2D eigenvalue weighted by atomic mass is 10.1. The summed E-state index contributed by atoms with van der Waals surface area (Å²) in [4.78, 5) is 1.06. The van der Waals surface area contributed by atoms with Gasteiger partial charge in [0.15, 0.2) is 0 Å². The number of hydrogen-bond acceptors (Lipinski definition) is 2. The van der Waals surface area contributed by atoms with Crippen molar-refractivity contribution in [3.63, 3.8) is 0 Å². The van der Waals surface area contributed by atoms with Crippen LogP contribution in [0.5, 0.6) is 0 Å². The van der Waals surface area contributed by atoms with Gasteiger partial charge in [-0.3, -0.25) is 0 Å². The minimum Gasteiger partial charge on any atom is -0.327 e. The maximum Gasteiger partial charge on any atom is 0.127 e. The van der Waals surface area contributed by atoms with Gasteiger partial charge in [0.2, 0.25) is 0 Å². The second-order valence-electron chi connectivity index (χ2n) is 3.44. The first-order valence-corrected chi connectivity index (χ1v) is 5.26. The molecule has 1 aliphatic heterocycles. The summed E-state index contributed by atoms with van der Waals surface area (Å²) in [5.41, 5.74) is 6.63. The van der Waals surface area contributed by atoms with Gasteiger partial charge >= 0.3 is 0 Å². The average molecular weight is 197 g/mol. The van der Waals surface area contributed by atoms with Crippen LogP contribution in [0.1, 0.15) is 12.5 Å². The molecule has 0 aromatic heterocycles. The van der Waals surface area contributed by atoms with Crippen molar-refractivity contribution >= 4 is 11.8 Å². The lowest BCUT2D eigenvalue weighted by molar-refractivity contribution is 0.595. The van der Waals surface area contributed by atoms with E-state index in [9.17, 15) is 4.39 Å². The molecule has 1 aliphatic rings. The van der Waals surface area contributed by atoms with Crippen molar-refractivity contribution < 1.29 is 4.39 Å². The Kier molecular flexibility index (Phi) is 2.30. The Labute approximate surface area is 81.5 Å². The van der Waals surface area contributed by atoms with Crippen LogP contribution in [0.15, 0.2) is 23.1 Å². The van der Waals surface area contributed by atoms with Crippen LogP contribution in [0.25, 0.3) is 0 Å². The highest BCUT2D eigenvalue weighted by molar-refractivity contribution is 8.00. The molecule has 0 spiro atoms. The van der Waals surface area contributed by atoms with Crippen molar-refractivity contribution in [3.05, 3.63) is 29.6 Å². The first-order valence-electron chi connectivity index (χ1n) is 4.38. The Balaban J connectivity index is 2.30. The number of hydrogen-bond donors (Lipinski definition) is 1. The molecule has 3 heteroatoms. The van der Waals surface area contributed by atoms with Crippen LogP contribution < -0.4 is 5.73 Å². The largest absolute Gasteiger partial charge is 0.327 e. The van der Waals surface area contributed by atoms with Gasteiger partial charge in [-0.2, -0.15) is 0 Å². The minimum atomic E-state index is -0.0897. The van der Waals surface area contributed by atoms with E-state index in [1.165, 1.54) is 6.07 Å². The fraction of sp³-hybridized carbons (Fsp3) is 0.400. The van der Waals surface area contributed by atoms with Gasteiger partial charge in [0.25, 0.3) is 0 Å². The third-order valence-electron chi connectivity index (χ3n) is 2.35. The van der Waals surface area contributed by atoms with E-state index in [-0.39, 0.29) is 11.9 Å². The molecule has 2 unspecified atom stereocenters. The highest BCUT2D eigenvalue weighted by Gasteiger charge is 2.26. The van der Waals surface area contributed by atoms with Crippen molar-refractivity contribution in [1.82, 2.24) is 0 Å². The Bertz CT molecular complexity index is 325. The van der Waals surface area contributed by atoms with E-state index >= 15 is 0 Å². The van der Waals surface area contributed by atoms with Gasteiger partial charge < -0.3 is 5.73 Å². The number of thioether (sulfide) groups is 1. The second-order valence-corrected chi connectivity index (χ2v) is 4.72. The molecule has 0 radical (unpaired) electrons. The Morgan fingerprint density at radius 3 is 3.00 bits per heavy atom. The van der Waals surface area contributed by atoms with Crippen LogP contribution in [0, 0.1) is 5.82 Å². The molecule has 2 N–H and O–H groups in total. The Hall–Kier alpha value is -0.540. The van der Waals surface area contributed by atoms with Gasteiger partial charge in [-0.25, -0.2) is 4.39 Å². The summed E-state index contributed by atoms with van der Waals surface area (Å²) in [6.45, 7) is 1.97. The molecule has 0 amide bonds. The third-order valence-corrected chi connectivity index (χ3v) is 3.88. The van der Waals surface area contributed by atoms with Crippen molar-refractivity contribution in [1.29, 1.82) is 0 Å². The van der Waals surface area contributed by atoms with Gasteiger partial charge in [0.1, 0.15) is 5.82 Å². The van der Waals surface area contributed by atoms with Gasteiger partial charge in [-0.05, 0) is 25.5 Å². The molecule has 1 nitrogen and oxygen atoms in total. The van der Waals surface area contributed by atoms with Gasteiger partial charge in [-0.15, -0.1) is 11.8 Å². The van der Waals surface area contributed by atoms with Crippen molar-refractivity contribution in [2.45, 2.75) is 29.5 Å². The normalized spacial score (nSPS) is 22.8. The smallest absolute Gasteiger partial charge is 0.127 e. The molecule has 1 aromatic rings. The fourth-order valence-corrected chi connectivity index (χ4v) is 2.82. The quantitative estimate of drug-likeness (QED) is 0.747. The first kappa shape index (κ1) is 9.03. The molecular weight excluding hydrogens is 185 g/mol. The van der Waals surface area contributed by atoms with E-state index in [2.05, 4.69) is 0 Å². The van der Waals surface area contributed by atoms with Gasteiger partial charge in [0, 0.05) is 21.8 Å². The molecule has 0 bridgehead atoms. The molecule has 0 saturated carbocycles. The van der Waals surface area contributed by atoms with Crippen molar-refractivity contribution in [2.24, 2.45) is 5.73 Å². The van der Waals surface area contributed by atoms with Gasteiger partial charge in [0.05, 0.1) is 0 Å². The molecule has 2 atom stereocenters. The zero-order valence-corrected chi connectivity index (χ0v) is 8.27. The maximum absolute atomic E-state index is 13.3. The third kappa shape index (κ3) is 1.58. The molecule has 1 aromatic carbocycles. The van der Waals surface area contributed by atoms with Crippen molar-refractivity contribution in [3.8, 4) is 0 Å². The SMILES string of the molecule is CC(N)C1Cc2c(F)cccc2S1. The molecule has 0 aliphatic carbocycles. The molecule has 70 valence electrons. The fourth-order valence-electron chi connectivity index (χ4n) is 1.55. The second kappa shape index (κ2) is 3.31. The summed E-state index contributed by atoms with van der Waals surface area (Å²) < 4.78 is 13.3. The number of nitrogens with two attached hydrogens (primary N) is 1. The molecule has 1 heterocycles. The number of rotatable bonds is 1. The summed E-state index contributed by atoms with van der Waals surface area (Å²) in [5.74, 6) is -0.0897. The predicted octanol–water partition coefficient (Wildman–Crippen LogP) is 2.19. The summed E-state index contributed by atoms with van der Waals surface area (Å²) in [5, 5.41) is 0.340.